The van der Waals surface area contributed by atoms with Crippen molar-refractivity contribution in [2.45, 2.75) is 38.6 Å². The fourth-order valence-electron chi connectivity index (χ4n) is 2.41. The number of aromatic nitrogens is 2. The van der Waals surface area contributed by atoms with Gasteiger partial charge in [-0.1, -0.05) is 43.7 Å². The molecule has 5 heteroatoms. The summed E-state index contributed by atoms with van der Waals surface area (Å²) in [5.41, 5.74) is 2.42. The van der Waals surface area contributed by atoms with Crippen LogP contribution < -0.4 is 5.32 Å². The van der Waals surface area contributed by atoms with Gasteiger partial charge in [0.15, 0.2) is 0 Å². The third-order valence-electron chi connectivity index (χ3n) is 3.54. The first-order chi connectivity index (χ1) is 10.7. The van der Waals surface area contributed by atoms with E-state index in [1.54, 1.807) is 6.07 Å². The van der Waals surface area contributed by atoms with Crippen LogP contribution in [0.3, 0.4) is 0 Å². The number of aliphatic hydroxyl groups excluding tert-OH is 1. The van der Waals surface area contributed by atoms with Gasteiger partial charge in [-0.2, -0.15) is 5.10 Å². The zero-order valence-electron chi connectivity index (χ0n) is 12.9. The standard InChI is InChI=1S/C17H23N3O2/c1-2-7-14-12-16(20-19-14)17(22)18-15(10-6-11-21)13-8-4-3-5-9-13/h3-5,8-9,12,15,21H,2,6-7,10-11H2,1H3,(H,18,22)(H,19,20). The first-order valence-corrected chi connectivity index (χ1v) is 7.75. The number of rotatable bonds is 8. The summed E-state index contributed by atoms with van der Waals surface area (Å²) in [5.74, 6) is -0.189. The van der Waals surface area contributed by atoms with E-state index in [9.17, 15) is 4.79 Å². The lowest BCUT2D eigenvalue weighted by molar-refractivity contribution is 0.0927. The lowest BCUT2D eigenvalue weighted by Gasteiger charge is -2.18. The number of aryl methyl sites for hydroxylation is 1. The molecule has 0 aliphatic heterocycles. The Balaban J connectivity index is 2.06. The second kappa shape index (κ2) is 8.34. The van der Waals surface area contributed by atoms with E-state index in [0.717, 1.165) is 24.1 Å². The Kier molecular flexibility index (Phi) is 6.15. The average molecular weight is 301 g/mol. The second-order valence-electron chi connectivity index (χ2n) is 5.33. The number of benzene rings is 1. The quantitative estimate of drug-likeness (QED) is 0.701. The maximum atomic E-state index is 12.4. The van der Waals surface area contributed by atoms with Crippen molar-refractivity contribution in [2.75, 3.05) is 6.61 Å². The van der Waals surface area contributed by atoms with Crippen LogP contribution in [0.15, 0.2) is 36.4 Å². The van der Waals surface area contributed by atoms with E-state index in [-0.39, 0.29) is 18.6 Å². The Morgan fingerprint density at radius 2 is 2.14 bits per heavy atom. The molecule has 0 fully saturated rings. The summed E-state index contributed by atoms with van der Waals surface area (Å²) < 4.78 is 0. The maximum Gasteiger partial charge on any atom is 0.272 e. The molecule has 22 heavy (non-hydrogen) atoms. The Hall–Kier alpha value is -2.14. The van der Waals surface area contributed by atoms with Crippen molar-refractivity contribution in [2.24, 2.45) is 0 Å². The topological polar surface area (TPSA) is 78.0 Å². The van der Waals surface area contributed by atoms with E-state index >= 15 is 0 Å². The van der Waals surface area contributed by atoms with Gasteiger partial charge < -0.3 is 10.4 Å². The molecular weight excluding hydrogens is 278 g/mol. The Morgan fingerprint density at radius 1 is 1.36 bits per heavy atom. The highest BCUT2D eigenvalue weighted by Crippen LogP contribution is 2.18. The fourth-order valence-corrected chi connectivity index (χ4v) is 2.41. The van der Waals surface area contributed by atoms with Crippen molar-refractivity contribution >= 4 is 5.91 Å². The lowest BCUT2D eigenvalue weighted by Crippen LogP contribution is -2.29. The second-order valence-corrected chi connectivity index (χ2v) is 5.33. The molecule has 118 valence electrons. The fraction of sp³-hybridized carbons (Fsp3) is 0.412. The van der Waals surface area contributed by atoms with E-state index in [0.29, 0.717) is 18.5 Å². The van der Waals surface area contributed by atoms with Crippen molar-refractivity contribution in [1.82, 2.24) is 15.5 Å². The number of nitrogens with zero attached hydrogens (tertiary/aromatic N) is 1. The summed E-state index contributed by atoms with van der Waals surface area (Å²) >= 11 is 0. The molecule has 5 nitrogen and oxygen atoms in total. The van der Waals surface area contributed by atoms with Crippen molar-refractivity contribution in [3.8, 4) is 0 Å². The minimum absolute atomic E-state index is 0.113. The van der Waals surface area contributed by atoms with Crippen molar-refractivity contribution in [3.05, 3.63) is 53.3 Å². The Labute approximate surface area is 130 Å². The van der Waals surface area contributed by atoms with Crippen molar-refractivity contribution < 1.29 is 9.90 Å². The predicted octanol–water partition coefficient (Wildman–Crippen LogP) is 2.61. The molecule has 0 saturated heterocycles. The van der Waals surface area contributed by atoms with Gasteiger partial charge in [0.05, 0.1) is 6.04 Å². The van der Waals surface area contributed by atoms with Gasteiger partial charge >= 0.3 is 0 Å². The third-order valence-corrected chi connectivity index (χ3v) is 3.54. The normalized spacial score (nSPS) is 12.1. The van der Waals surface area contributed by atoms with Gasteiger partial charge in [0.2, 0.25) is 0 Å². The van der Waals surface area contributed by atoms with Crippen molar-refractivity contribution in [1.29, 1.82) is 0 Å². The predicted molar refractivity (Wildman–Crippen MR) is 85.6 cm³/mol. The van der Waals surface area contributed by atoms with E-state index in [1.165, 1.54) is 0 Å². The van der Waals surface area contributed by atoms with Crippen LogP contribution in [-0.4, -0.2) is 27.8 Å². The van der Waals surface area contributed by atoms with Crippen LogP contribution in [0.2, 0.25) is 0 Å². The summed E-state index contributed by atoms with van der Waals surface area (Å²) in [6, 6.07) is 11.5. The Morgan fingerprint density at radius 3 is 2.82 bits per heavy atom. The molecule has 2 rings (SSSR count). The van der Waals surface area contributed by atoms with E-state index in [1.807, 2.05) is 30.3 Å². The molecule has 0 saturated carbocycles. The number of carbonyl (C=O) groups excluding carboxylic acids is 1. The van der Waals surface area contributed by atoms with Crippen LogP contribution in [0.4, 0.5) is 0 Å². The third kappa shape index (κ3) is 4.43. The molecular formula is C17H23N3O2. The zero-order chi connectivity index (χ0) is 15.8. The van der Waals surface area contributed by atoms with Gasteiger partial charge in [-0.3, -0.25) is 9.89 Å². The molecule has 1 aromatic carbocycles. The van der Waals surface area contributed by atoms with E-state index in [4.69, 9.17) is 5.11 Å². The summed E-state index contributed by atoms with van der Waals surface area (Å²) in [6.07, 6.45) is 3.22. The number of nitrogens with one attached hydrogen (secondary N) is 2. The Bertz CT molecular complexity index is 581. The van der Waals surface area contributed by atoms with Gasteiger partial charge in [0, 0.05) is 12.3 Å². The first-order valence-electron chi connectivity index (χ1n) is 7.75. The molecule has 3 N–H and O–H groups in total. The first kappa shape index (κ1) is 16.2. The van der Waals surface area contributed by atoms with Gasteiger partial charge in [-0.15, -0.1) is 0 Å². The van der Waals surface area contributed by atoms with Gasteiger partial charge in [0.1, 0.15) is 5.69 Å². The average Bonchev–Trinajstić information content (AvgIpc) is 3.01. The van der Waals surface area contributed by atoms with Crippen molar-refractivity contribution in [3.63, 3.8) is 0 Å². The SMILES string of the molecule is CCCc1cc(C(=O)NC(CCCO)c2ccccc2)n[nH]1. The molecule has 1 amide bonds. The van der Waals surface area contributed by atoms with Crippen LogP contribution in [-0.2, 0) is 6.42 Å². The molecule has 0 aliphatic carbocycles. The number of carbonyl (C=O) groups is 1. The van der Waals surface area contributed by atoms with Crippen LogP contribution in [0.5, 0.6) is 0 Å². The molecule has 0 bridgehead atoms. The number of hydrogen-bond donors (Lipinski definition) is 3. The van der Waals surface area contributed by atoms with E-state index < -0.39 is 0 Å². The monoisotopic (exact) mass is 301 g/mol. The molecule has 0 radical (unpaired) electrons. The van der Waals surface area contributed by atoms with Crippen LogP contribution in [0.25, 0.3) is 0 Å². The largest absolute Gasteiger partial charge is 0.396 e. The molecule has 2 aromatic rings. The molecule has 1 aromatic heterocycles. The summed E-state index contributed by atoms with van der Waals surface area (Å²) in [7, 11) is 0. The van der Waals surface area contributed by atoms with Crippen LogP contribution in [0, 0.1) is 0 Å². The summed E-state index contributed by atoms with van der Waals surface area (Å²) in [5, 5.41) is 19.0. The molecule has 0 aliphatic rings. The molecule has 0 spiro atoms. The molecule has 1 unspecified atom stereocenters. The highest BCUT2D eigenvalue weighted by atomic mass is 16.3. The van der Waals surface area contributed by atoms with Gasteiger partial charge in [0.25, 0.3) is 5.91 Å². The van der Waals surface area contributed by atoms with Crippen LogP contribution >= 0.6 is 0 Å². The zero-order valence-corrected chi connectivity index (χ0v) is 12.9. The lowest BCUT2D eigenvalue weighted by atomic mass is 10.0. The minimum atomic E-state index is -0.189. The highest BCUT2D eigenvalue weighted by Gasteiger charge is 2.17. The van der Waals surface area contributed by atoms with Crippen LogP contribution in [0.1, 0.15) is 54.0 Å². The van der Waals surface area contributed by atoms with E-state index in [2.05, 4.69) is 22.4 Å². The highest BCUT2D eigenvalue weighted by molar-refractivity contribution is 5.92. The van der Waals surface area contributed by atoms with Gasteiger partial charge in [-0.25, -0.2) is 0 Å². The molecule has 1 atom stereocenters. The van der Waals surface area contributed by atoms with Gasteiger partial charge in [-0.05, 0) is 30.9 Å². The summed E-state index contributed by atoms with van der Waals surface area (Å²) in [6.45, 7) is 2.20. The smallest absolute Gasteiger partial charge is 0.272 e. The minimum Gasteiger partial charge on any atom is -0.396 e. The number of hydrogen-bond acceptors (Lipinski definition) is 3. The number of amides is 1. The summed E-state index contributed by atoms with van der Waals surface area (Å²) in [4.78, 5) is 12.4. The number of H-pyrrole nitrogens is 1. The maximum absolute atomic E-state index is 12.4. The number of aromatic amines is 1. The molecule has 1 heterocycles. The number of aliphatic hydroxyl groups is 1.